The predicted octanol–water partition coefficient (Wildman–Crippen LogP) is 6.14. The Morgan fingerprint density at radius 3 is 2.42 bits per heavy atom. The summed E-state index contributed by atoms with van der Waals surface area (Å²) >= 11 is 5.69. The average Bonchev–Trinajstić information content (AvgIpc) is 3.23. The molecule has 0 amide bonds. The zero-order valence-electron chi connectivity index (χ0n) is 19.0. The van der Waals surface area contributed by atoms with Crippen molar-refractivity contribution in [3.8, 4) is 5.69 Å². The van der Waals surface area contributed by atoms with Gasteiger partial charge in [-0.2, -0.15) is 13.2 Å². The lowest BCUT2D eigenvalue weighted by Crippen LogP contribution is -2.33. The lowest BCUT2D eigenvalue weighted by atomic mass is 9.96. The minimum atomic E-state index is -4.45. The first-order chi connectivity index (χ1) is 15.6. The number of alkyl halides is 3. The summed E-state index contributed by atoms with van der Waals surface area (Å²) in [6.07, 6.45) is -2.71. The number of hydrogen-bond acceptors (Lipinski definition) is 2. The van der Waals surface area contributed by atoms with Gasteiger partial charge in [0.25, 0.3) is 0 Å². The summed E-state index contributed by atoms with van der Waals surface area (Å²) in [5.41, 5.74) is 2.75. The van der Waals surface area contributed by atoms with Crippen molar-refractivity contribution in [1.29, 1.82) is 0 Å². The number of hydrogen-bond donors (Lipinski definition) is 1. The predicted molar refractivity (Wildman–Crippen MR) is 127 cm³/mol. The highest BCUT2D eigenvalue weighted by Crippen LogP contribution is 2.43. The van der Waals surface area contributed by atoms with E-state index in [1.807, 2.05) is 38.1 Å². The first-order valence-electron chi connectivity index (χ1n) is 10.9. The standard InChI is InChI=1S/C25H27F3N4S/c1-15(2)14-31-23(22(30-24(31)33)20-10-7-8-12-29-20)18-13-16(3)32(17(18)4)21-11-6-5-9-19(21)25(26,27)28/h5-13,15,22-23H,14H2,1-4H3,(H,30,33)/t22-,23+/m1/s1. The first-order valence-corrected chi connectivity index (χ1v) is 11.3. The van der Waals surface area contributed by atoms with Crippen LogP contribution in [-0.4, -0.2) is 26.1 Å². The number of halogens is 3. The molecule has 4 rings (SSSR count). The normalized spacial score (nSPS) is 18.8. The van der Waals surface area contributed by atoms with Gasteiger partial charge in [0, 0.05) is 24.1 Å². The molecule has 1 fully saturated rings. The molecule has 4 nitrogen and oxygen atoms in total. The van der Waals surface area contributed by atoms with Crippen molar-refractivity contribution in [3.63, 3.8) is 0 Å². The van der Waals surface area contributed by atoms with E-state index in [4.69, 9.17) is 12.2 Å². The smallest absolute Gasteiger partial charge is 0.352 e. The summed E-state index contributed by atoms with van der Waals surface area (Å²) in [6, 6.07) is 13.0. The molecule has 1 aliphatic heterocycles. The van der Waals surface area contributed by atoms with E-state index in [2.05, 4.69) is 29.0 Å². The SMILES string of the molecule is Cc1cc([C@H]2[C@@H](c3ccccn3)NC(=S)N2CC(C)C)c(C)n1-c1ccccc1C(F)(F)F. The number of thiocarbonyl (C=S) groups is 1. The minimum absolute atomic E-state index is 0.129. The summed E-state index contributed by atoms with van der Waals surface area (Å²) in [7, 11) is 0. The Kier molecular flexibility index (Phi) is 6.22. The van der Waals surface area contributed by atoms with Crippen LogP contribution in [0.3, 0.4) is 0 Å². The maximum Gasteiger partial charge on any atom is 0.418 e. The van der Waals surface area contributed by atoms with Crippen molar-refractivity contribution in [3.05, 3.63) is 82.9 Å². The maximum atomic E-state index is 13.8. The Bertz CT molecular complexity index is 1150. The van der Waals surface area contributed by atoms with Crippen molar-refractivity contribution in [2.24, 2.45) is 5.92 Å². The van der Waals surface area contributed by atoms with Gasteiger partial charge in [0.15, 0.2) is 5.11 Å². The van der Waals surface area contributed by atoms with Crippen molar-refractivity contribution in [1.82, 2.24) is 19.8 Å². The van der Waals surface area contributed by atoms with E-state index >= 15 is 0 Å². The number of pyridine rings is 1. The fourth-order valence-corrected chi connectivity index (χ4v) is 5.02. The fraction of sp³-hybridized carbons (Fsp3) is 0.360. The molecule has 3 aromatic rings. The number of rotatable bonds is 5. The molecule has 1 aliphatic rings. The summed E-state index contributed by atoms with van der Waals surface area (Å²) < 4.78 is 43.1. The number of para-hydroxylation sites is 1. The van der Waals surface area contributed by atoms with Crippen LogP contribution in [0.25, 0.3) is 5.69 Å². The average molecular weight is 473 g/mol. The highest BCUT2D eigenvalue weighted by molar-refractivity contribution is 7.80. The van der Waals surface area contributed by atoms with Gasteiger partial charge in [-0.25, -0.2) is 0 Å². The van der Waals surface area contributed by atoms with Gasteiger partial charge in [0.05, 0.1) is 29.0 Å². The molecule has 174 valence electrons. The van der Waals surface area contributed by atoms with E-state index in [0.717, 1.165) is 35.3 Å². The maximum absolute atomic E-state index is 13.8. The van der Waals surface area contributed by atoms with Gasteiger partial charge >= 0.3 is 6.18 Å². The van der Waals surface area contributed by atoms with Gasteiger partial charge in [0.2, 0.25) is 0 Å². The van der Waals surface area contributed by atoms with E-state index in [9.17, 15) is 13.2 Å². The number of benzene rings is 1. The number of nitrogens with one attached hydrogen (secondary N) is 1. The summed E-state index contributed by atoms with van der Waals surface area (Å²) in [4.78, 5) is 6.68. The highest BCUT2D eigenvalue weighted by atomic mass is 32.1. The van der Waals surface area contributed by atoms with Crippen LogP contribution >= 0.6 is 12.2 Å². The molecule has 33 heavy (non-hydrogen) atoms. The molecule has 0 spiro atoms. The fourth-order valence-electron chi connectivity index (χ4n) is 4.70. The zero-order valence-corrected chi connectivity index (χ0v) is 19.8. The van der Waals surface area contributed by atoms with Crippen LogP contribution in [-0.2, 0) is 6.18 Å². The van der Waals surface area contributed by atoms with Gasteiger partial charge in [-0.3, -0.25) is 4.98 Å². The Hall–Kier alpha value is -2.87. The Morgan fingerprint density at radius 2 is 1.79 bits per heavy atom. The van der Waals surface area contributed by atoms with Crippen LogP contribution in [0.15, 0.2) is 54.7 Å². The summed E-state index contributed by atoms with van der Waals surface area (Å²) in [5.74, 6) is 0.351. The van der Waals surface area contributed by atoms with Crippen molar-refractivity contribution >= 4 is 17.3 Å². The molecule has 8 heteroatoms. The number of aryl methyl sites for hydroxylation is 1. The van der Waals surface area contributed by atoms with Crippen LogP contribution < -0.4 is 5.32 Å². The van der Waals surface area contributed by atoms with Gasteiger partial charge in [-0.15, -0.1) is 0 Å². The number of nitrogens with zero attached hydrogens (tertiary/aromatic N) is 3. The van der Waals surface area contributed by atoms with E-state index in [0.29, 0.717) is 11.0 Å². The Balaban J connectivity index is 1.88. The quantitative estimate of drug-likeness (QED) is 0.453. The molecule has 1 aromatic carbocycles. The molecule has 2 atom stereocenters. The van der Waals surface area contributed by atoms with Gasteiger partial charge in [0.1, 0.15) is 0 Å². The first kappa shape index (κ1) is 23.3. The lowest BCUT2D eigenvalue weighted by molar-refractivity contribution is -0.137. The third-order valence-electron chi connectivity index (χ3n) is 6.00. The molecular formula is C25H27F3N4S. The summed E-state index contributed by atoms with van der Waals surface area (Å²) in [6.45, 7) is 8.68. The van der Waals surface area contributed by atoms with Crippen LogP contribution in [0.1, 0.15) is 54.1 Å². The van der Waals surface area contributed by atoms with Gasteiger partial charge in [-0.1, -0.05) is 32.0 Å². The molecule has 0 saturated carbocycles. The highest BCUT2D eigenvalue weighted by Gasteiger charge is 2.42. The van der Waals surface area contributed by atoms with Crippen molar-refractivity contribution < 1.29 is 13.2 Å². The number of aromatic nitrogens is 2. The lowest BCUT2D eigenvalue weighted by Gasteiger charge is -2.29. The van der Waals surface area contributed by atoms with Crippen molar-refractivity contribution in [2.75, 3.05) is 6.54 Å². The molecule has 0 bridgehead atoms. The van der Waals surface area contributed by atoms with Crippen LogP contribution in [0.4, 0.5) is 13.2 Å². The summed E-state index contributed by atoms with van der Waals surface area (Å²) in [5, 5.41) is 4.04. The molecule has 3 heterocycles. The second kappa shape index (κ2) is 8.82. The largest absolute Gasteiger partial charge is 0.418 e. The molecule has 1 saturated heterocycles. The van der Waals surface area contributed by atoms with E-state index in [-0.39, 0.29) is 17.8 Å². The molecule has 0 radical (unpaired) electrons. The third-order valence-corrected chi connectivity index (χ3v) is 6.35. The Labute approximate surface area is 197 Å². The second-order valence-corrected chi connectivity index (χ2v) is 9.24. The topological polar surface area (TPSA) is 33.1 Å². The molecule has 0 unspecified atom stereocenters. The monoisotopic (exact) mass is 472 g/mol. The molecule has 1 N–H and O–H groups in total. The van der Waals surface area contributed by atoms with Crippen LogP contribution in [0.5, 0.6) is 0 Å². The minimum Gasteiger partial charge on any atom is -0.352 e. The van der Waals surface area contributed by atoms with Crippen LogP contribution in [0.2, 0.25) is 0 Å². The van der Waals surface area contributed by atoms with E-state index in [1.165, 1.54) is 12.1 Å². The Morgan fingerprint density at radius 1 is 1.09 bits per heavy atom. The third kappa shape index (κ3) is 4.36. The van der Waals surface area contributed by atoms with E-state index < -0.39 is 11.7 Å². The molecular weight excluding hydrogens is 445 g/mol. The second-order valence-electron chi connectivity index (χ2n) is 8.85. The van der Waals surface area contributed by atoms with Gasteiger partial charge in [-0.05, 0) is 67.9 Å². The van der Waals surface area contributed by atoms with Crippen molar-refractivity contribution in [2.45, 2.75) is 46.0 Å². The zero-order chi connectivity index (χ0) is 23.9. The molecule has 0 aliphatic carbocycles. The molecule has 2 aromatic heterocycles. The van der Waals surface area contributed by atoms with E-state index in [1.54, 1.807) is 16.8 Å². The van der Waals surface area contributed by atoms with Crippen LogP contribution in [0, 0.1) is 19.8 Å². The van der Waals surface area contributed by atoms with Gasteiger partial charge < -0.3 is 14.8 Å².